The Hall–Kier alpha value is -1.77. The molecule has 3 heteroatoms. The van der Waals surface area contributed by atoms with Crippen molar-refractivity contribution in [3.8, 4) is 0 Å². The number of nitrogens with zero attached hydrogens (tertiary/aromatic N) is 1. The van der Waals surface area contributed by atoms with Gasteiger partial charge in [0, 0.05) is 12.1 Å². The molecule has 2 fully saturated rings. The molecule has 3 rings (SSSR count). The minimum atomic E-state index is -0.413. The maximum absolute atomic E-state index is 13.5. The smallest absolute Gasteiger partial charge is 0.318 e. The molecule has 0 unspecified atom stereocenters. The molecule has 0 bridgehead atoms. The molecule has 3 nitrogen and oxygen atoms in total. The Kier molecular flexibility index (Phi) is 6.85. The minimum Gasteiger partial charge on any atom is -0.329 e. The van der Waals surface area contributed by atoms with E-state index in [0.29, 0.717) is 12.1 Å². The monoisotopic (exact) mass is 382 g/mol. The van der Waals surface area contributed by atoms with Crippen LogP contribution in [0.1, 0.15) is 96.1 Å². The van der Waals surface area contributed by atoms with Crippen LogP contribution < -0.4 is 5.32 Å². The number of carbonyl (C=O) groups excluding carboxylic acids is 1. The van der Waals surface area contributed by atoms with Gasteiger partial charge in [0.1, 0.15) is 0 Å². The van der Waals surface area contributed by atoms with Gasteiger partial charge in [-0.05, 0) is 63.6 Å². The molecule has 0 saturated heterocycles. The summed E-state index contributed by atoms with van der Waals surface area (Å²) in [7, 11) is 0. The third-order valence-electron chi connectivity index (χ3n) is 6.67. The average Bonchev–Trinajstić information content (AvgIpc) is 2.69. The molecule has 1 N–H and O–H groups in total. The van der Waals surface area contributed by atoms with Crippen molar-refractivity contribution in [2.75, 3.05) is 0 Å². The molecule has 2 aliphatic rings. The molecule has 0 heterocycles. The van der Waals surface area contributed by atoms with Crippen LogP contribution in [0.3, 0.4) is 0 Å². The lowest BCUT2D eigenvalue weighted by Crippen LogP contribution is -2.56. The number of benzene rings is 1. The Bertz CT molecular complexity index is 664. The Morgan fingerprint density at radius 3 is 2.04 bits per heavy atom. The molecule has 154 valence electrons. The van der Waals surface area contributed by atoms with Crippen molar-refractivity contribution in [2.45, 2.75) is 103 Å². The van der Waals surface area contributed by atoms with Crippen LogP contribution in [0.4, 0.5) is 4.79 Å². The predicted octanol–water partition coefficient (Wildman–Crippen LogP) is 6.63. The lowest BCUT2D eigenvalue weighted by molar-refractivity contribution is 0.0991. The fourth-order valence-corrected chi connectivity index (χ4v) is 4.93. The molecular formula is C25H38N2O. The van der Waals surface area contributed by atoms with E-state index >= 15 is 0 Å². The van der Waals surface area contributed by atoms with Crippen LogP contribution in [0.15, 0.2) is 30.8 Å². The summed E-state index contributed by atoms with van der Waals surface area (Å²) in [6.45, 7) is 10.3. The van der Waals surface area contributed by atoms with E-state index in [2.05, 4.69) is 54.9 Å². The highest BCUT2D eigenvalue weighted by Gasteiger charge is 2.35. The van der Waals surface area contributed by atoms with Gasteiger partial charge in [-0.1, -0.05) is 68.9 Å². The molecule has 1 aromatic rings. The van der Waals surface area contributed by atoms with Gasteiger partial charge in [0.2, 0.25) is 0 Å². The molecule has 2 aliphatic carbocycles. The van der Waals surface area contributed by atoms with E-state index in [1.165, 1.54) is 38.5 Å². The third kappa shape index (κ3) is 4.98. The van der Waals surface area contributed by atoms with Crippen LogP contribution in [0.2, 0.25) is 0 Å². The van der Waals surface area contributed by atoms with Crippen LogP contribution in [-0.4, -0.2) is 23.0 Å². The molecule has 0 aromatic heterocycles. The fourth-order valence-electron chi connectivity index (χ4n) is 4.93. The van der Waals surface area contributed by atoms with Crippen LogP contribution in [0, 0.1) is 0 Å². The number of hydrogen-bond acceptors (Lipinski definition) is 1. The Morgan fingerprint density at radius 2 is 1.54 bits per heavy atom. The molecule has 0 radical (unpaired) electrons. The van der Waals surface area contributed by atoms with Crippen molar-refractivity contribution in [3.63, 3.8) is 0 Å². The maximum Gasteiger partial charge on any atom is 0.318 e. The van der Waals surface area contributed by atoms with Crippen molar-refractivity contribution < 1.29 is 4.79 Å². The summed E-state index contributed by atoms with van der Waals surface area (Å²) < 4.78 is 0. The van der Waals surface area contributed by atoms with Gasteiger partial charge in [0.15, 0.2) is 0 Å². The topological polar surface area (TPSA) is 32.3 Å². The van der Waals surface area contributed by atoms with Gasteiger partial charge in [-0.25, -0.2) is 4.79 Å². The van der Waals surface area contributed by atoms with Crippen LogP contribution in [0.5, 0.6) is 0 Å². The number of carbonyl (C=O) groups is 1. The van der Waals surface area contributed by atoms with Gasteiger partial charge in [-0.15, -0.1) is 0 Å². The molecule has 2 saturated carbocycles. The van der Waals surface area contributed by atoms with Gasteiger partial charge in [-0.3, -0.25) is 0 Å². The van der Waals surface area contributed by atoms with E-state index in [1.807, 2.05) is 6.92 Å². The van der Waals surface area contributed by atoms with Crippen LogP contribution in [0.25, 0.3) is 5.57 Å². The van der Waals surface area contributed by atoms with Crippen molar-refractivity contribution in [1.29, 1.82) is 0 Å². The number of urea groups is 1. The summed E-state index contributed by atoms with van der Waals surface area (Å²) in [6.07, 6.45) is 12.3. The Balaban J connectivity index is 1.79. The number of hydrogen-bond donors (Lipinski definition) is 1. The molecular weight excluding hydrogens is 344 g/mol. The maximum atomic E-state index is 13.5. The summed E-state index contributed by atoms with van der Waals surface area (Å²) in [6, 6.07) is 9.37. The first kappa shape index (κ1) is 21.0. The summed E-state index contributed by atoms with van der Waals surface area (Å²) in [5, 5.41) is 3.39. The van der Waals surface area contributed by atoms with E-state index in [-0.39, 0.29) is 6.03 Å². The van der Waals surface area contributed by atoms with E-state index in [0.717, 1.165) is 42.4 Å². The minimum absolute atomic E-state index is 0.129. The van der Waals surface area contributed by atoms with Gasteiger partial charge in [0.05, 0.1) is 5.54 Å². The van der Waals surface area contributed by atoms with E-state index in [4.69, 9.17) is 0 Å². The first-order valence-electron chi connectivity index (χ1n) is 11.3. The summed E-state index contributed by atoms with van der Waals surface area (Å²) in [4.78, 5) is 15.8. The summed E-state index contributed by atoms with van der Waals surface area (Å²) >= 11 is 0. The van der Waals surface area contributed by atoms with Gasteiger partial charge in [0.25, 0.3) is 0 Å². The Morgan fingerprint density at radius 1 is 1.00 bits per heavy atom. The quantitative estimate of drug-likeness (QED) is 0.609. The zero-order chi connectivity index (χ0) is 20.1. The van der Waals surface area contributed by atoms with Gasteiger partial charge >= 0.3 is 6.03 Å². The molecule has 0 atom stereocenters. The number of rotatable bonds is 5. The number of allylic oxidation sites excluding steroid dienone is 1. The molecule has 0 aliphatic heterocycles. The highest BCUT2D eigenvalue weighted by Crippen LogP contribution is 2.31. The predicted molar refractivity (Wildman–Crippen MR) is 118 cm³/mol. The SMILES string of the molecule is C=C(C)c1cccc(C(C)(C)NC(=O)N(C2CCCCC2)C2CCCCC2)c1. The summed E-state index contributed by atoms with van der Waals surface area (Å²) in [5.74, 6) is 0. The zero-order valence-corrected chi connectivity index (χ0v) is 18.1. The summed E-state index contributed by atoms with van der Waals surface area (Å²) in [5.41, 5.74) is 2.91. The average molecular weight is 383 g/mol. The van der Waals surface area contributed by atoms with E-state index < -0.39 is 5.54 Å². The standard InChI is InChI=1S/C25H38N2O/c1-19(2)20-12-11-13-21(18-20)25(3,4)26-24(28)27(22-14-7-5-8-15-22)23-16-9-6-10-17-23/h11-13,18,22-23H,1,5-10,14-17H2,2-4H3,(H,26,28). The van der Waals surface area contributed by atoms with Crippen LogP contribution >= 0.6 is 0 Å². The molecule has 0 spiro atoms. The second-order valence-electron chi connectivity index (χ2n) is 9.41. The van der Waals surface area contributed by atoms with Crippen LogP contribution in [-0.2, 0) is 5.54 Å². The van der Waals surface area contributed by atoms with E-state index in [9.17, 15) is 4.79 Å². The Labute approximate surface area is 171 Å². The zero-order valence-electron chi connectivity index (χ0n) is 18.1. The number of nitrogens with one attached hydrogen (secondary N) is 1. The molecule has 28 heavy (non-hydrogen) atoms. The molecule has 1 aromatic carbocycles. The van der Waals surface area contributed by atoms with Crippen molar-refractivity contribution in [2.24, 2.45) is 0 Å². The highest BCUT2D eigenvalue weighted by atomic mass is 16.2. The van der Waals surface area contributed by atoms with Crippen molar-refractivity contribution in [1.82, 2.24) is 10.2 Å². The highest BCUT2D eigenvalue weighted by molar-refractivity contribution is 5.76. The first-order chi connectivity index (χ1) is 13.4. The second-order valence-corrected chi connectivity index (χ2v) is 9.41. The second kappa shape index (κ2) is 9.15. The third-order valence-corrected chi connectivity index (χ3v) is 6.67. The van der Waals surface area contributed by atoms with Gasteiger partial charge < -0.3 is 10.2 Å². The van der Waals surface area contributed by atoms with Gasteiger partial charge in [-0.2, -0.15) is 0 Å². The number of amides is 2. The molecule has 2 amide bonds. The lowest BCUT2D eigenvalue weighted by Gasteiger charge is -2.43. The lowest BCUT2D eigenvalue weighted by atomic mass is 9.88. The van der Waals surface area contributed by atoms with E-state index in [1.54, 1.807) is 0 Å². The normalized spacial score (nSPS) is 19.2. The first-order valence-corrected chi connectivity index (χ1v) is 11.3. The largest absolute Gasteiger partial charge is 0.329 e. The van der Waals surface area contributed by atoms with Crippen molar-refractivity contribution >= 4 is 11.6 Å². The fraction of sp³-hybridized carbons (Fsp3) is 0.640. The van der Waals surface area contributed by atoms with Crippen molar-refractivity contribution in [3.05, 3.63) is 42.0 Å².